The average Bonchev–Trinajstić information content (AvgIpc) is 2.64. The van der Waals surface area contributed by atoms with E-state index >= 15 is 0 Å². The molecule has 3 nitrogen and oxygen atoms in total. The fourth-order valence-electron chi connectivity index (χ4n) is 3.21. The zero-order valence-electron chi connectivity index (χ0n) is 10.1. The molecular formula is C14H16INO2. The van der Waals surface area contributed by atoms with Crippen molar-refractivity contribution in [3.63, 3.8) is 0 Å². The van der Waals surface area contributed by atoms with Crippen LogP contribution in [0.25, 0.3) is 0 Å². The Morgan fingerprint density at radius 3 is 2.72 bits per heavy atom. The topological polar surface area (TPSA) is 49.3 Å². The number of fused-ring (bicyclic) bond motifs is 1. The largest absolute Gasteiger partial charge is 0.375 e. The summed E-state index contributed by atoms with van der Waals surface area (Å²) in [5.41, 5.74) is 0.233. The number of halogens is 1. The zero-order valence-corrected chi connectivity index (χ0v) is 12.2. The van der Waals surface area contributed by atoms with Gasteiger partial charge in [0.15, 0.2) is 5.60 Å². The summed E-state index contributed by atoms with van der Waals surface area (Å²) in [5, 5.41) is 13.8. The maximum Gasteiger partial charge on any atom is 0.261 e. The number of hydrogen-bond acceptors (Lipinski definition) is 2. The van der Waals surface area contributed by atoms with Gasteiger partial charge < -0.3 is 10.4 Å². The van der Waals surface area contributed by atoms with Gasteiger partial charge in [0.05, 0.1) is 0 Å². The van der Waals surface area contributed by atoms with E-state index in [-0.39, 0.29) is 11.8 Å². The highest BCUT2D eigenvalue weighted by atomic mass is 127. The molecule has 2 N–H and O–H groups in total. The van der Waals surface area contributed by atoms with Gasteiger partial charge in [-0.3, -0.25) is 4.79 Å². The first kappa shape index (κ1) is 12.4. The van der Waals surface area contributed by atoms with E-state index in [9.17, 15) is 9.90 Å². The summed E-state index contributed by atoms with van der Waals surface area (Å²) in [6.07, 6.45) is 5.32. The normalized spacial score (nSPS) is 28.0. The number of hydrogen-bond donors (Lipinski definition) is 2. The van der Waals surface area contributed by atoms with Crippen molar-refractivity contribution >= 4 is 34.2 Å². The van der Waals surface area contributed by atoms with Crippen LogP contribution >= 0.6 is 22.6 Å². The van der Waals surface area contributed by atoms with Crippen molar-refractivity contribution in [2.45, 2.75) is 37.7 Å². The lowest BCUT2D eigenvalue weighted by Crippen LogP contribution is -2.42. The quantitative estimate of drug-likeness (QED) is 0.760. The average molecular weight is 357 g/mol. The summed E-state index contributed by atoms with van der Waals surface area (Å²) in [5.74, 6) is -0.183. The maximum atomic E-state index is 12.2. The van der Waals surface area contributed by atoms with Gasteiger partial charge in [-0.25, -0.2) is 0 Å². The van der Waals surface area contributed by atoms with E-state index in [1.54, 1.807) is 0 Å². The van der Waals surface area contributed by atoms with E-state index in [1.807, 2.05) is 18.2 Å². The first-order valence-corrected chi connectivity index (χ1v) is 7.54. The third-order valence-corrected chi connectivity index (χ3v) is 4.85. The monoisotopic (exact) mass is 357 g/mol. The SMILES string of the molecule is O=C1Nc2ccc(I)cc2C1(O)C1CCCCC1. The van der Waals surface area contributed by atoms with Crippen LogP contribution in [0.1, 0.15) is 37.7 Å². The van der Waals surface area contributed by atoms with Crippen LogP contribution in [0.15, 0.2) is 18.2 Å². The highest BCUT2D eigenvalue weighted by molar-refractivity contribution is 14.1. The molecule has 1 heterocycles. The molecule has 1 aliphatic carbocycles. The van der Waals surface area contributed by atoms with Crippen LogP contribution in [0.4, 0.5) is 5.69 Å². The summed E-state index contributed by atoms with van der Waals surface area (Å²) >= 11 is 2.22. The number of amides is 1. The van der Waals surface area contributed by atoms with Crippen LogP contribution in [-0.2, 0) is 10.4 Å². The Kier molecular flexibility index (Phi) is 3.10. The second kappa shape index (κ2) is 4.49. The molecule has 18 heavy (non-hydrogen) atoms. The minimum absolute atomic E-state index is 0.0608. The molecule has 1 aliphatic heterocycles. The number of benzene rings is 1. The van der Waals surface area contributed by atoms with Gasteiger partial charge in [-0.2, -0.15) is 0 Å². The van der Waals surface area contributed by atoms with Gasteiger partial charge >= 0.3 is 0 Å². The van der Waals surface area contributed by atoms with E-state index in [0.29, 0.717) is 0 Å². The number of rotatable bonds is 1. The van der Waals surface area contributed by atoms with Crippen molar-refractivity contribution in [2.75, 3.05) is 5.32 Å². The Morgan fingerprint density at radius 2 is 2.00 bits per heavy atom. The molecule has 0 spiro atoms. The van der Waals surface area contributed by atoms with Crippen LogP contribution in [0, 0.1) is 9.49 Å². The number of anilines is 1. The molecule has 4 heteroatoms. The Balaban J connectivity index is 2.05. The van der Waals surface area contributed by atoms with Crippen LogP contribution in [0.2, 0.25) is 0 Å². The second-order valence-electron chi connectivity index (χ2n) is 5.25. The number of carbonyl (C=O) groups excluding carboxylic acids is 1. The van der Waals surface area contributed by atoms with Crippen LogP contribution in [0.3, 0.4) is 0 Å². The van der Waals surface area contributed by atoms with Crippen LogP contribution in [-0.4, -0.2) is 11.0 Å². The molecule has 0 saturated heterocycles. The third-order valence-electron chi connectivity index (χ3n) is 4.18. The number of aliphatic hydroxyl groups is 1. The summed E-state index contributed by atoms with van der Waals surface area (Å²) in [7, 11) is 0. The smallest absolute Gasteiger partial charge is 0.261 e. The highest BCUT2D eigenvalue weighted by Crippen LogP contribution is 2.46. The van der Waals surface area contributed by atoms with E-state index in [1.165, 1.54) is 6.42 Å². The summed E-state index contributed by atoms with van der Waals surface area (Å²) in [6, 6.07) is 5.77. The van der Waals surface area contributed by atoms with E-state index in [4.69, 9.17) is 0 Å². The fraction of sp³-hybridized carbons (Fsp3) is 0.500. The highest BCUT2D eigenvalue weighted by Gasteiger charge is 2.50. The van der Waals surface area contributed by atoms with Crippen molar-refractivity contribution in [2.24, 2.45) is 5.92 Å². The lowest BCUT2D eigenvalue weighted by atomic mass is 9.74. The predicted molar refractivity (Wildman–Crippen MR) is 78.3 cm³/mol. The molecule has 0 aromatic heterocycles. The molecule has 1 atom stereocenters. The maximum absolute atomic E-state index is 12.2. The molecular weight excluding hydrogens is 341 g/mol. The molecule has 0 radical (unpaired) electrons. The third kappa shape index (κ3) is 1.77. The summed E-state index contributed by atoms with van der Waals surface area (Å²) in [6.45, 7) is 0. The summed E-state index contributed by atoms with van der Waals surface area (Å²) < 4.78 is 1.05. The Hall–Kier alpha value is -0.620. The lowest BCUT2D eigenvalue weighted by molar-refractivity contribution is -0.141. The van der Waals surface area contributed by atoms with Gasteiger partial charge in [0.2, 0.25) is 0 Å². The minimum Gasteiger partial charge on any atom is -0.375 e. The molecule has 1 saturated carbocycles. The van der Waals surface area contributed by atoms with Crippen molar-refractivity contribution in [1.82, 2.24) is 0 Å². The first-order valence-electron chi connectivity index (χ1n) is 6.46. The standard InChI is InChI=1S/C14H16INO2/c15-10-6-7-12-11(8-10)14(18,13(17)16-12)9-4-2-1-3-5-9/h6-9,18H,1-5H2,(H,16,17). The Labute approximate surface area is 120 Å². The Bertz CT molecular complexity index is 497. The van der Waals surface area contributed by atoms with Gasteiger partial charge in [0.25, 0.3) is 5.91 Å². The van der Waals surface area contributed by atoms with Gasteiger partial charge in [-0.15, -0.1) is 0 Å². The zero-order chi connectivity index (χ0) is 12.8. The molecule has 2 aliphatic rings. The first-order chi connectivity index (χ1) is 8.62. The molecule has 1 unspecified atom stereocenters. The molecule has 1 amide bonds. The van der Waals surface area contributed by atoms with Gasteiger partial charge in [0, 0.05) is 20.7 Å². The van der Waals surface area contributed by atoms with E-state index in [2.05, 4.69) is 27.9 Å². The number of carbonyl (C=O) groups is 1. The van der Waals surface area contributed by atoms with E-state index < -0.39 is 5.60 Å². The molecule has 3 rings (SSSR count). The Morgan fingerprint density at radius 1 is 1.28 bits per heavy atom. The number of nitrogens with one attached hydrogen (secondary N) is 1. The lowest BCUT2D eigenvalue weighted by Gasteiger charge is -2.33. The molecule has 1 aromatic rings. The summed E-state index contributed by atoms with van der Waals surface area (Å²) in [4.78, 5) is 12.2. The van der Waals surface area contributed by atoms with Crippen molar-refractivity contribution in [1.29, 1.82) is 0 Å². The van der Waals surface area contributed by atoms with Gasteiger partial charge in [-0.05, 0) is 53.6 Å². The molecule has 1 fully saturated rings. The molecule has 0 bridgehead atoms. The van der Waals surface area contributed by atoms with Crippen LogP contribution < -0.4 is 5.32 Å². The van der Waals surface area contributed by atoms with Gasteiger partial charge in [0.1, 0.15) is 0 Å². The second-order valence-corrected chi connectivity index (χ2v) is 6.49. The van der Waals surface area contributed by atoms with Crippen molar-refractivity contribution in [3.8, 4) is 0 Å². The van der Waals surface area contributed by atoms with E-state index in [0.717, 1.165) is 40.5 Å². The predicted octanol–water partition coefficient (Wildman–Crippen LogP) is 3.01. The molecule has 96 valence electrons. The van der Waals surface area contributed by atoms with Crippen molar-refractivity contribution < 1.29 is 9.90 Å². The fourth-order valence-corrected chi connectivity index (χ4v) is 3.70. The molecule has 1 aromatic carbocycles. The van der Waals surface area contributed by atoms with Gasteiger partial charge in [-0.1, -0.05) is 19.3 Å². The van der Waals surface area contributed by atoms with Crippen LogP contribution in [0.5, 0.6) is 0 Å². The van der Waals surface area contributed by atoms with Crippen molar-refractivity contribution in [3.05, 3.63) is 27.3 Å². The minimum atomic E-state index is -1.31.